The van der Waals surface area contributed by atoms with Gasteiger partial charge < -0.3 is 14.9 Å². The van der Waals surface area contributed by atoms with Crippen LogP contribution in [0.4, 0.5) is 0 Å². The number of carbonyl (C=O) groups is 1. The highest BCUT2D eigenvalue weighted by Gasteiger charge is 2.68. The molecule has 2 aliphatic heterocycles. The van der Waals surface area contributed by atoms with Gasteiger partial charge in [0.15, 0.2) is 0 Å². The molecule has 1 unspecified atom stereocenters. The summed E-state index contributed by atoms with van der Waals surface area (Å²) in [7, 11) is 0. The van der Waals surface area contributed by atoms with Gasteiger partial charge in [0.2, 0.25) is 5.91 Å². The monoisotopic (exact) mass is 370 g/mol. The summed E-state index contributed by atoms with van der Waals surface area (Å²) >= 11 is 0. The quantitative estimate of drug-likeness (QED) is 0.866. The molecule has 1 amide bonds. The third kappa shape index (κ3) is 3.21. The lowest BCUT2D eigenvalue weighted by molar-refractivity contribution is -0.138. The van der Waals surface area contributed by atoms with Crippen molar-refractivity contribution in [2.75, 3.05) is 39.3 Å². The molecular weight excluding hydrogens is 336 g/mol. The van der Waals surface area contributed by atoms with Gasteiger partial charge in [0.05, 0.1) is 12.0 Å². The number of aliphatic hydroxyl groups excluding tert-OH is 1. The number of hydrogen-bond acceptors (Lipinski definition) is 3. The maximum absolute atomic E-state index is 13.6. The van der Waals surface area contributed by atoms with Gasteiger partial charge in [-0.2, -0.15) is 0 Å². The molecule has 148 valence electrons. The van der Waals surface area contributed by atoms with E-state index in [0.29, 0.717) is 5.91 Å². The first-order valence-corrected chi connectivity index (χ1v) is 10.6. The number of rotatable bonds is 5. The Morgan fingerprint density at radius 2 is 1.63 bits per heavy atom. The SMILES string of the molecule is CC1(C)CC1(C(=O)N1CCC(CO)(CN2CCCC2)CC1)c1ccccc1. The van der Waals surface area contributed by atoms with Gasteiger partial charge in [0, 0.05) is 25.0 Å². The fourth-order valence-electron chi connectivity index (χ4n) is 5.56. The Balaban J connectivity index is 1.46. The molecule has 4 rings (SSSR count). The van der Waals surface area contributed by atoms with Crippen molar-refractivity contribution in [3.05, 3.63) is 35.9 Å². The number of aliphatic hydroxyl groups is 1. The normalized spacial score (nSPS) is 29.7. The molecule has 2 saturated heterocycles. The summed E-state index contributed by atoms with van der Waals surface area (Å²) in [6.45, 7) is 9.53. The van der Waals surface area contributed by atoms with Crippen LogP contribution in [0, 0.1) is 10.8 Å². The van der Waals surface area contributed by atoms with Crippen LogP contribution in [0.5, 0.6) is 0 Å². The summed E-state index contributed by atoms with van der Waals surface area (Å²) in [6, 6.07) is 10.3. The lowest BCUT2D eigenvalue weighted by atomic mass is 9.77. The van der Waals surface area contributed by atoms with Gasteiger partial charge >= 0.3 is 0 Å². The lowest BCUT2D eigenvalue weighted by Gasteiger charge is -2.44. The second-order valence-corrected chi connectivity index (χ2v) is 9.77. The maximum atomic E-state index is 13.6. The van der Waals surface area contributed by atoms with E-state index < -0.39 is 0 Å². The zero-order chi connectivity index (χ0) is 19.1. The molecule has 1 saturated carbocycles. The van der Waals surface area contributed by atoms with Gasteiger partial charge in [-0.3, -0.25) is 4.79 Å². The Hall–Kier alpha value is -1.39. The summed E-state index contributed by atoms with van der Waals surface area (Å²) in [5, 5.41) is 10.1. The van der Waals surface area contributed by atoms with Crippen LogP contribution in [0.15, 0.2) is 30.3 Å². The van der Waals surface area contributed by atoms with Crippen molar-refractivity contribution in [3.63, 3.8) is 0 Å². The molecule has 27 heavy (non-hydrogen) atoms. The van der Waals surface area contributed by atoms with Crippen LogP contribution in [0.3, 0.4) is 0 Å². The minimum atomic E-state index is -0.359. The molecule has 1 N–H and O–H groups in total. The minimum Gasteiger partial charge on any atom is -0.396 e. The Morgan fingerprint density at radius 3 is 2.15 bits per heavy atom. The number of nitrogens with zero attached hydrogens (tertiary/aromatic N) is 2. The van der Waals surface area contributed by atoms with E-state index in [1.807, 2.05) is 18.2 Å². The van der Waals surface area contributed by atoms with Crippen molar-refractivity contribution < 1.29 is 9.90 Å². The van der Waals surface area contributed by atoms with Gasteiger partial charge in [0.1, 0.15) is 0 Å². The Labute approximate surface area is 163 Å². The van der Waals surface area contributed by atoms with Gasteiger partial charge in [0.25, 0.3) is 0 Å². The number of likely N-dealkylation sites (tertiary alicyclic amines) is 2. The standard InChI is InChI=1S/C23H34N2O2/c1-21(2)16-23(21,19-8-4-3-5-9-19)20(27)25-14-10-22(18-26,11-15-25)17-24-12-6-7-13-24/h3-5,8-9,26H,6-7,10-18H2,1-2H3. The minimum absolute atomic E-state index is 0.0203. The van der Waals surface area contributed by atoms with E-state index in [1.54, 1.807) is 0 Å². The number of benzene rings is 1. The van der Waals surface area contributed by atoms with E-state index in [-0.39, 0.29) is 22.9 Å². The molecule has 0 spiro atoms. The molecule has 1 aromatic carbocycles. The summed E-state index contributed by atoms with van der Waals surface area (Å²) in [5.41, 5.74) is 0.797. The summed E-state index contributed by atoms with van der Waals surface area (Å²) < 4.78 is 0. The fraction of sp³-hybridized carbons (Fsp3) is 0.696. The Bertz CT molecular complexity index is 673. The largest absolute Gasteiger partial charge is 0.396 e. The molecule has 0 aromatic heterocycles. The van der Waals surface area contributed by atoms with Crippen LogP contribution in [0.25, 0.3) is 0 Å². The molecule has 1 aromatic rings. The molecule has 3 aliphatic rings. The second kappa shape index (κ2) is 6.89. The van der Waals surface area contributed by atoms with E-state index in [2.05, 4.69) is 35.8 Å². The predicted molar refractivity (Wildman–Crippen MR) is 108 cm³/mol. The average molecular weight is 371 g/mol. The summed E-state index contributed by atoms with van der Waals surface area (Å²) in [6.07, 6.45) is 5.31. The van der Waals surface area contributed by atoms with Gasteiger partial charge in [-0.25, -0.2) is 0 Å². The second-order valence-electron chi connectivity index (χ2n) is 9.77. The highest BCUT2D eigenvalue weighted by molar-refractivity contribution is 5.93. The van der Waals surface area contributed by atoms with Crippen molar-refractivity contribution in [1.29, 1.82) is 0 Å². The van der Waals surface area contributed by atoms with Crippen LogP contribution in [0.1, 0.15) is 51.5 Å². The van der Waals surface area contributed by atoms with Crippen LogP contribution < -0.4 is 0 Å². The number of hydrogen-bond donors (Lipinski definition) is 1. The Kier molecular flexibility index (Phi) is 4.84. The van der Waals surface area contributed by atoms with Crippen LogP contribution in [0.2, 0.25) is 0 Å². The van der Waals surface area contributed by atoms with E-state index in [4.69, 9.17) is 0 Å². The molecule has 4 heteroatoms. The average Bonchev–Trinajstić information content (AvgIpc) is 3.01. The van der Waals surface area contributed by atoms with Crippen molar-refractivity contribution in [3.8, 4) is 0 Å². The van der Waals surface area contributed by atoms with E-state index in [1.165, 1.54) is 12.8 Å². The van der Waals surface area contributed by atoms with Gasteiger partial charge in [-0.05, 0) is 56.2 Å². The Morgan fingerprint density at radius 1 is 1.04 bits per heavy atom. The number of amides is 1. The van der Waals surface area contributed by atoms with E-state index in [0.717, 1.165) is 57.5 Å². The smallest absolute Gasteiger partial charge is 0.233 e. The van der Waals surface area contributed by atoms with Crippen molar-refractivity contribution in [2.45, 2.75) is 51.4 Å². The van der Waals surface area contributed by atoms with Crippen molar-refractivity contribution in [1.82, 2.24) is 9.80 Å². The van der Waals surface area contributed by atoms with Gasteiger partial charge in [-0.1, -0.05) is 44.2 Å². The summed E-state index contributed by atoms with van der Waals surface area (Å²) in [4.78, 5) is 18.2. The predicted octanol–water partition coefficient (Wildman–Crippen LogP) is 3.05. The zero-order valence-corrected chi connectivity index (χ0v) is 16.9. The first kappa shape index (κ1) is 18.9. The molecule has 0 radical (unpaired) electrons. The molecule has 3 fully saturated rings. The van der Waals surface area contributed by atoms with Crippen molar-refractivity contribution in [2.24, 2.45) is 10.8 Å². The first-order chi connectivity index (χ1) is 12.9. The molecule has 1 aliphatic carbocycles. The van der Waals surface area contributed by atoms with E-state index in [9.17, 15) is 9.90 Å². The van der Waals surface area contributed by atoms with Crippen LogP contribution in [-0.2, 0) is 10.2 Å². The third-order valence-corrected chi connectivity index (χ3v) is 7.57. The van der Waals surface area contributed by atoms with Crippen LogP contribution in [-0.4, -0.2) is 60.1 Å². The highest BCUT2D eigenvalue weighted by Crippen LogP contribution is 2.65. The van der Waals surface area contributed by atoms with Gasteiger partial charge in [-0.15, -0.1) is 0 Å². The summed E-state index contributed by atoms with van der Waals surface area (Å²) in [5.74, 6) is 0.298. The maximum Gasteiger partial charge on any atom is 0.233 e. The number of piperidine rings is 1. The third-order valence-electron chi connectivity index (χ3n) is 7.57. The number of carbonyl (C=O) groups excluding carboxylic acids is 1. The van der Waals surface area contributed by atoms with Crippen LogP contribution >= 0.6 is 0 Å². The lowest BCUT2D eigenvalue weighted by Crippen LogP contribution is -2.52. The fourth-order valence-corrected chi connectivity index (χ4v) is 5.56. The van der Waals surface area contributed by atoms with Crippen molar-refractivity contribution >= 4 is 5.91 Å². The first-order valence-electron chi connectivity index (χ1n) is 10.6. The molecule has 0 bridgehead atoms. The zero-order valence-electron chi connectivity index (χ0n) is 16.9. The van der Waals surface area contributed by atoms with E-state index >= 15 is 0 Å². The highest BCUT2D eigenvalue weighted by atomic mass is 16.3. The molecule has 4 nitrogen and oxygen atoms in total. The molecular formula is C23H34N2O2. The molecule has 2 heterocycles. The topological polar surface area (TPSA) is 43.8 Å². The molecule has 1 atom stereocenters.